The number of hydrogen-bond donors (Lipinski definition) is 3. The lowest BCUT2D eigenvalue weighted by molar-refractivity contribution is 0.0970. The number of aromatic nitrogens is 4. The van der Waals surface area contributed by atoms with Gasteiger partial charge in [0.15, 0.2) is 0 Å². The molecule has 2 aromatic heterocycles. The van der Waals surface area contributed by atoms with Crippen LogP contribution < -0.4 is 10.2 Å². The van der Waals surface area contributed by atoms with Crippen molar-refractivity contribution in [2.75, 3.05) is 24.6 Å². The maximum absolute atomic E-state index is 11.1. The lowest BCUT2D eigenvalue weighted by atomic mass is 9.73. The second-order valence-electron chi connectivity index (χ2n) is 6.73. The maximum atomic E-state index is 11.1. The van der Waals surface area contributed by atoms with Gasteiger partial charge in [0.1, 0.15) is 15.0 Å². The SMILES string of the molecule is CC1OCC2(CCN(c3cnc4c(I)[nH]nc4n3)CC2)C1NC(=O)O. The van der Waals surface area contributed by atoms with Gasteiger partial charge in [-0.3, -0.25) is 5.10 Å². The zero-order chi connectivity index (χ0) is 17.6. The molecule has 1 amide bonds. The summed E-state index contributed by atoms with van der Waals surface area (Å²) in [7, 11) is 0. The molecule has 134 valence electrons. The van der Waals surface area contributed by atoms with E-state index in [4.69, 9.17) is 9.84 Å². The molecule has 2 aliphatic heterocycles. The molecule has 25 heavy (non-hydrogen) atoms. The standard InChI is InChI=1S/C15H19IN6O3/c1-8-11(19-14(23)24)15(7-25-8)2-4-22(5-3-15)9-6-17-10-12(16)20-21-13(10)18-9/h6,8,11,19H,2-5,7H2,1H3,(H,23,24)(H,18,20,21). The Kier molecular flexibility index (Phi) is 4.18. The van der Waals surface area contributed by atoms with Crippen molar-refractivity contribution < 1.29 is 14.6 Å². The number of nitrogens with zero attached hydrogens (tertiary/aromatic N) is 4. The first-order valence-electron chi connectivity index (χ1n) is 8.21. The summed E-state index contributed by atoms with van der Waals surface area (Å²) >= 11 is 2.15. The van der Waals surface area contributed by atoms with Crippen molar-refractivity contribution >= 4 is 45.7 Å². The third-order valence-corrected chi connectivity index (χ3v) is 6.09. The molecule has 10 heteroatoms. The van der Waals surface area contributed by atoms with Gasteiger partial charge in [0, 0.05) is 18.5 Å². The van der Waals surface area contributed by atoms with Gasteiger partial charge in [-0.1, -0.05) is 0 Å². The van der Waals surface area contributed by atoms with Crippen LogP contribution in [0.2, 0.25) is 0 Å². The number of H-pyrrole nitrogens is 1. The molecule has 1 spiro atoms. The molecule has 2 saturated heterocycles. The van der Waals surface area contributed by atoms with E-state index in [9.17, 15) is 4.79 Å². The Balaban J connectivity index is 1.51. The molecule has 0 aromatic carbocycles. The van der Waals surface area contributed by atoms with Crippen molar-refractivity contribution in [3.63, 3.8) is 0 Å². The van der Waals surface area contributed by atoms with Crippen molar-refractivity contribution in [3.05, 3.63) is 9.90 Å². The Bertz CT molecular complexity index is 804. The Labute approximate surface area is 157 Å². The van der Waals surface area contributed by atoms with Crippen LogP contribution in [0.1, 0.15) is 19.8 Å². The molecular formula is C15H19IN6O3. The number of nitrogens with one attached hydrogen (secondary N) is 2. The predicted octanol–water partition coefficient (Wildman–Crippen LogP) is 1.60. The van der Waals surface area contributed by atoms with E-state index in [0.29, 0.717) is 12.3 Å². The van der Waals surface area contributed by atoms with E-state index in [-0.39, 0.29) is 17.6 Å². The molecule has 4 heterocycles. The first-order valence-corrected chi connectivity index (χ1v) is 9.29. The van der Waals surface area contributed by atoms with E-state index in [2.05, 4.69) is 53.0 Å². The van der Waals surface area contributed by atoms with E-state index in [1.54, 1.807) is 6.20 Å². The summed E-state index contributed by atoms with van der Waals surface area (Å²) in [5.74, 6) is 0.806. The van der Waals surface area contributed by atoms with Crippen LogP contribution in [0.4, 0.5) is 10.6 Å². The summed E-state index contributed by atoms with van der Waals surface area (Å²) in [5.41, 5.74) is 1.25. The Morgan fingerprint density at radius 3 is 3.00 bits per heavy atom. The Hall–Kier alpha value is -1.69. The number of anilines is 1. The van der Waals surface area contributed by atoms with E-state index in [0.717, 1.165) is 41.0 Å². The molecular weight excluding hydrogens is 439 g/mol. The van der Waals surface area contributed by atoms with Gasteiger partial charge in [-0.15, -0.1) is 0 Å². The molecule has 2 fully saturated rings. The number of amides is 1. The monoisotopic (exact) mass is 458 g/mol. The Morgan fingerprint density at radius 2 is 2.28 bits per heavy atom. The van der Waals surface area contributed by atoms with E-state index >= 15 is 0 Å². The van der Waals surface area contributed by atoms with E-state index < -0.39 is 6.09 Å². The fraction of sp³-hybridized carbons (Fsp3) is 0.600. The minimum atomic E-state index is -0.992. The quantitative estimate of drug-likeness (QED) is 0.586. The summed E-state index contributed by atoms with van der Waals surface area (Å²) in [6.45, 7) is 4.10. The molecule has 0 saturated carbocycles. The number of piperidine rings is 1. The molecule has 2 aliphatic rings. The summed E-state index contributed by atoms with van der Waals surface area (Å²) < 4.78 is 6.65. The van der Waals surface area contributed by atoms with Crippen LogP contribution in [0.5, 0.6) is 0 Å². The highest BCUT2D eigenvalue weighted by molar-refractivity contribution is 14.1. The number of halogens is 1. The number of hydrogen-bond acceptors (Lipinski definition) is 6. The zero-order valence-electron chi connectivity index (χ0n) is 13.7. The fourth-order valence-electron chi connectivity index (χ4n) is 3.93. The second kappa shape index (κ2) is 6.24. The maximum Gasteiger partial charge on any atom is 0.404 e. The number of rotatable bonds is 2. The van der Waals surface area contributed by atoms with Crippen LogP contribution in [0.15, 0.2) is 6.20 Å². The highest BCUT2D eigenvalue weighted by Gasteiger charge is 2.50. The molecule has 4 rings (SSSR count). The minimum absolute atomic E-state index is 0.107. The van der Waals surface area contributed by atoms with Crippen LogP contribution in [-0.2, 0) is 4.74 Å². The largest absolute Gasteiger partial charge is 0.465 e. The first kappa shape index (κ1) is 16.8. The van der Waals surface area contributed by atoms with Crippen molar-refractivity contribution in [2.24, 2.45) is 5.41 Å². The van der Waals surface area contributed by atoms with Crippen molar-refractivity contribution in [2.45, 2.75) is 31.9 Å². The highest BCUT2D eigenvalue weighted by atomic mass is 127. The van der Waals surface area contributed by atoms with Crippen LogP contribution in [0.25, 0.3) is 11.2 Å². The average Bonchev–Trinajstić information content (AvgIpc) is 3.11. The van der Waals surface area contributed by atoms with Crippen molar-refractivity contribution in [1.29, 1.82) is 0 Å². The van der Waals surface area contributed by atoms with Crippen LogP contribution in [0, 0.1) is 9.12 Å². The topological polar surface area (TPSA) is 116 Å². The molecule has 3 N–H and O–H groups in total. The third-order valence-electron chi connectivity index (χ3n) is 5.33. The van der Waals surface area contributed by atoms with Crippen LogP contribution in [0.3, 0.4) is 0 Å². The van der Waals surface area contributed by atoms with Gasteiger partial charge in [0.2, 0.25) is 5.65 Å². The second-order valence-corrected chi connectivity index (χ2v) is 7.81. The Morgan fingerprint density at radius 1 is 1.52 bits per heavy atom. The highest BCUT2D eigenvalue weighted by Crippen LogP contribution is 2.42. The molecule has 2 unspecified atom stereocenters. The van der Waals surface area contributed by atoms with Gasteiger partial charge in [0.25, 0.3) is 0 Å². The third kappa shape index (κ3) is 2.90. The number of aromatic amines is 1. The fourth-order valence-corrected chi connectivity index (χ4v) is 4.43. The molecule has 9 nitrogen and oxygen atoms in total. The lowest BCUT2D eigenvalue weighted by Gasteiger charge is -2.42. The van der Waals surface area contributed by atoms with E-state index in [1.165, 1.54) is 0 Å². The normalized spacial score (nSPS) is 25.6. The molecule has 0 radical (unpaired) electrons. The smallest absolute Gasteiger partial charge is 0.404 e. The summed E-state index contributed by atoms with van der Waals surface area (Å²) in [6.07, 6.45) is 2.37. The number of fused-ring (bicyclic) bond motifs is 1. The van der Waals surface area contributed by atoms with Gasteiger partial charge in [-0.25, -0.2) is 14.8 Å². The lowest BCUT2D eigenvalue weighted by Crippen LogP contribution is -2.54. The van der Waals surface area contributed by atoms with Crippen LogP contribution in [-0.4, -0.2) is 63.2 Å². The van der Waals surface area contributed by atoms with Gasteiger partial charge in [0.05, 0.1) is 24.9 Å². The summed E-state index contributed by atoms with van der Waals surface area (Å²) in [6, 6.07) is -0.173. The average molecular weight is 458 g/mol. The van der Waals surface area contributed by atoms with Gasteiger partial charge < -0.3 is 20.1 Å². The van der Waals surface area contributed by atoms with E-state index in [1.807, 2.05) is 6.92 Å². The van der Waals surface area contributed by atoms with Gasteiger partial charge in [-0.2, -0.15) is 5.10 Å². The van der Waals surface area contributed by atoms with Crippen LogP contribution >= 0.6 is 22.6 Å². The van der Waals surface area contributed by atoms with Crippen molar-refractivity contribution in [1.82, 2.24) is 25.5 Å². The van der Waals surface area contributed by atoms with Gasteiger partial charge >= 0.3 is 6.09 Å². The van der Waals surface area contributed by atoms with Crippen molar-refractivity contribution in [3.8, 4) is 0 Å². The molecule has 2 atom stereocenters. The molecule has 2 aromatic rings. The minimum Gasteiger partial charge on any atom is -0.465 e. The molecule has 0 aliphatic carbocycles. The number of ether oxygens (including phenoxy) is 1. The zero-order valence-corrected chi connectivity index (χ0v) is 15.9. The number of carbonyl (C=O) groups is 1. The number of carboxylic acid groups (broad SMARTS) is 1. The predicted molar refractivity (Wildman–Crippen MR) is 98.6 cm³/mol. The molecule has 0 bridgehead atoms. The summed E-state index contributed by atoms with van der Waals surface area (Å²) in [4.78, 5) is 22.4. The van der Waals surface area contributed by atoms with Gasteiger partial charge in [-0.05, 0) is 42.4 Å². The summed E-state index contributed by atoms with van der Waals surface area (Å²) in [5, 5.41) is 18.9. The first-order chi connectivity index (χ1) is 12.0.